The van der Waals surface area contributed by atoms with Crippen molar-refractivity contribution in [3.63, 3.8) is 0 Å². The van der Waals surface area contributed by atoms with E-state index in [1.807, 2.05) is 66.7 Å². The summed E-state index contributed by atoms with van der Waals surface area (Å²) in [6.07, 6.45) is 2.26. The molecule has 0 atom stereocenters. The first kappa shape index (κ1) is 32.0. The van der Waals surface area contributed by atoms with Crippen LogP contribution in [0.4, 0.5) is 0 Å². The second-order valence-corrected chi connectivity index (χ2v) is 8.86. The lowest BCUT2D eigenvalue weighted by atomic mass is 10.0. The quantitative estimate of drug-likeness (QED) is 0.199. The van der Waals surface area contributed by atoms with Gasteiger partial charge >= 0.3 is 0 Å². The summed E-state index contributed by atoms with van der Waals surface area (Å²) < 4.78 is 14.8. The SMILES string of the molecule is COC.COc1ccccc1.c1ccc(CCc2ccccc2)cc1.c1ccc(COCc2ccccc2)cc1. The molecule has 208 valence electrons. The van der Waals surface area contributed by atoms with Gasteiger partial charge in [0.15, 0.2) is 0 Å². The van der Waals surface area contributed by atoms with E-state index in [1.165, 1.54) is 22.3 Å². The van der Waals surface area contributed by atoms with Gasteiger partial charge in [-0.05, 0) is 47.2 Å². The highest BCUT2D eigenvalue weighted by molar-refractivity contribution is 5.21. The molecule has 0 saturated carbocycles. The molecule has 0 bridgehead atoms. The Morgan fingerprint density at radius 1 is 0.375 bits per heavy atom. The normalized spacial score (nSPS) is 9.47. The van der Waals surface area contributed by atoms with Gasteiger partial charge in [0, 0.05) is 14.2 Å². The van der Waals surface area contributed by atoms with Gasteiger partial charge in [-0.2, -0.15) is 0 Å². The van der Waals surface area contributed by atoms with E-state index < -0.39 is 0 Å². The van der Waals surface area contributed by atoms with Crippen LogP contribution < -0.4 is 4.74 Å². The van der Waals surface area contributed by atoms with Gasteiger partial charge in [-0.1, -0.05) is 140 Å². The summed E-state index contributed by atoms with van der Waals surface area (Å²) >= 11 is 0. The zero-order valence-electron chi connectivity index (χ0n) is 24.0. The van der Waals surface area contributed by atoms with Gasteiger partial charge in [0.1, 0.15) is 5.75 Å². The Labute approximate surface area is 241 Å². The molecule has 0 unspecified atom stereocenters. The fraction of sp³-hybridized carbons (Fsp3) is 0.189. The third kappa shape index (κ3) is 15.3. The summed E-state index contributed by atoms with van der Waals surface area (Å²) in [4.78, 5) is 0. The smallest absolute Gasteiger partial charge is 0.118 e. The second kappa shape index (κ2) is 21.7. The number of methoxy groups -OCH3 is 2. The first-order chi connectivity index (χ1) is 19.7. The average Bonchev–Trinajstić information content (AvgIpc) is 3.04. The molecule has 3 heteroatoms. The van der Waals surface area contributed by atoms with E-state index in [-0.39, 0.29) is 0 Å². The summed E-state index contributed by atoms with van der Waals surface area (Å²) in [7, 11) is 4.91. The Kier molecular flexibility index (Phi) is 17.4. The van der Waals surface area contributed by atoms with Crippen LogP contribution in [-0.2, 0) is 35.5 Å². The number of benzene rings is 5. The predicted molar refractivity (Wildman–Crippen MR) is 168 cm³/mol. The van der Waals surface area contributed by atoms with Crippen LogP contribution >= 0.6 is 0 Å². The number of ether oxygens (including phenoxy) is 3. The van der Waals surface area contributed by atoms with Gasteiger partial charge in [0.25, 0.3) is 0 Å². The lowest BCUT2D eigenvalue weighted by molar-refractivity contribution is 0.107. The van der Waals surface area contributed by atoms with Crippen molar-refractivity contribution < 1.29 is 14.2 Å². The minimum absolute atomic E-state index is 0.676. The van der Waals surface area contributed by atoms with Crippen LogP contribution in [0.15, 0.2) is 152 Å². The van der Waals surface area contributed by atoms with Crippen molar-refractivity contribution in [3.8, 4) is 5.75 Å². The number of hydrogen-bond donors (Lipinski definition) is 0. The first-order valence-corrected chi connectivity index (χ1v) is 13.5. The minimum Gasteiger partial charge on any atom is -0.497 e. The second-order valence-electron chi connectivity index (χ2n) is 8.86. The third-order valence-corrected chi connectivity index (χ3v) is 5.59. The van der Waals surface area contributed by atoms with Crippen molar-refractivity contribution in [2.75, 3.05) is 21.3 Å². The maximum absolute atomic E-state index is 5.61. The fourth-order valence-electron chi connectivity index (χ4n) is 3.57. The van der Waals surface area contributed by atoms with Crippen molar-refractivity contribution in [2.24, 2.45) is 0 Å². The first-order valence-electron chi connectivity index (χ1n) is 13.5. The molecule has 0 aliphatic rings. The van der Waals surface area contributed by atoms with Crippen LogP contribution in [0, 0.1) is 0 Å². The maximum Gasteiger partial charge on any atom is 0.118 e. The lowest BCUT2D eigenvalue weighted by Crippen LogP contribution is -1.93. The Bertz CT molecular complexity index is 1130. The van der Waals surface area contributed by atoms with Crippen molar-refractivity contribution in [1.82, 2.24) is 0 Å². The van der Waals surface area contributed by atoms with E-state index in [4.69, 9.17) is 9.47 Å². The Morgan fingerprint density at radius 3 is 0.925 bits per heavy atom. The van der Waals surface area contributed by atoms with Crippen LogP contribution in [-0.4, -0.2) is 21.3 Å². The predicted octanol–water partition coefficient (Wildman–Crippen LogP) is 8.83. The van der Waals surface area contributed by atoms with E-state index in [9.17, 15) is 0 Å². The van der Waals surface area contributed by atoms with E-state index in [1.54, 1.807) is 21.3 Å². The van der Waals surface area contributed by atoms with E-state index in [0.29, 0.717) is 13.2 Å². The molecule has 0 aliphatic heterocycles. The molecular weight excluding hydrogens is 492 g/mol. The Balaban J connectivity index is 0.000000208. The van der Waals surface area contributed by atoms with E-state index in [0.717, 1.165) is 18.6 Å². The van der Waals surface area contributed by atoms with Crippen LogP contribution in [0.3, 0.4) is 0 Å². The molecule has 40 heavy (non-hydrogen) atoms. The van der Waals surface area contributed by atoms with Crippen molar-refractivity contribution in [2.45, 2.75) is 26.1 Å². The molecule has 0 amide bonds. The zero-order chi connectivity index (χ0) is 28.5. The van der Waals surface area contributed by atoms with Crippen molar-refractivity contribution in [3.05, 3.63) is 174 Å². The highest BCUT2D eigenvalue weighted by atomic mass is 16.5. The lowest BCUT2D eigenvalue weighted by Gasteiger charge is -2.03. The van der Waals surface area contributed by atoms with Crippen molar-refractivity contribution in [1.29, 1.82) is 0 Å². The topological polar surface area (TPSA) is 27.7 Å². The standard InChI is InChI=1S/C14H14O.C14H14.C7H8O.C2H6O/c1-3-7-13(8-4-1)11-15-12-14-9-5-2-6-10-14;1-3-7-13(8-4-1)11-12-14-9-5-2-6-10-14;1-8-7-5-3-2-4-6-7;1-3-2/h1-10H,11-12H2;1-10H,11-12H2;2-6H,1H3;1-2H3. The monoisotopic (exact) mass is 534 g/mol. The van der Waals surface area contributed by atoms with Gasteiger partial charge in [0.2, 0.25) is 0 Å². The van der Waals surface area contributed by atoms with Crippen LogP contribution in [0.5, 0.6) is 5.75 Å². The summed E-state index contributed by atoms with van der Waals surface area (Å²) in [5.41, 5.74) is 5.26. The molecule has 5 aromatic carbocycles. The molecule has 0 heterocycles. The van der Waals surface area contributed by atoms with Gasteiger partial charge in [-0.15, -0.1) is 0 Å². The molecule has 3 nitrogen and oxygen atoms in total. The number of rotatable bonds is 8. The third-order valence-electron chi connectivity index (χ3n) is 5.59. The minimum atomic E-state index is 0.676. The molecule has 0 fully saturated rings. The number of para-hydroxylation sites is 1. The van der Waals surface area contributed by atoms with E-state index in [2.05, 4.69) is 89.7 Å². The fourth-order valence-corrected chi connectivity index (χ4v) is 3.57. The summed E-state index contributed by atoms with van der Waals surface area (Å²) in [6, 6.07) is 51.4. The zero-order valence-corrected chi connectivity index (χ0v) is 24.0. The molecule has 5 rings (SSSR count). The van der Waals surface area contributed by atoms with Crippen LogP contribution in [0.1, 0.15) is 22.3 Å². The molecule has 0 aliphatic carbocycles. The highest BCUT2D eigenvalue weighted by Gasteiger charge is 1.94. The summed E-state index contributed by atoms with van der Waals surface area (Å²) in [5.74, 6) is 0.910. The van der Waals surface area contributed by atoms with Gasteiger partial charge in [-0.25, -0.2) is 0 Å². The highest BCUT2D eigenvalue weighted by Crippen LogP contribution is 2.07. The van der Waals surface area contributed by atoms with Crippen LogP contribution in [0.25, 0.3) is 0 Å². The van der Waals surface area contributed by atoms with Crippen LogP contribution in [0.2, 0.25) is 0 Å². The van der Waals surface area contributed by atoms with Gasteiger partial charge in [-0.3, -0.25) is 0 Å². The molecular formula is C37H42O3. The number of aryl methyl sites for hydroxylation is 2. The molecule has 0 aromatic heterocycles. The molecule has 5 aromatic rings. The summed E-state index contributed by atoms with van der Waals surface area (Å²) in [5, 5.41) is 0. The largest absolute Gasteiger partial charge is 0.497 e. The average molecular weight is 535 g/mol. The van der Waals surface area contributed by atoms with Gasteiger partial charge in [0.05, 0.1) is 20.3 Å². The Hall–Kier alpha value is -4.18. The molecule has 0 radical (unpaired) electrons. The summed E-state index contributed by atoms with van der Waals surface area (Å²) in [6.45, 7) is 1.35. The Morgan fingerprint density at radius 2 is 0.650 bits per heavy atom. The molecule has 0 spiro atoms. The van der Waals surface area contributed by atoms with Crippen molar-refractivity contribution >= 4 is 0 Å². The molecule has 0 N–H and O–H groups in total. The number of hydrogen-bond acceptors (Lipinski definition) is 3. The van der Waals surface area contributed by atoms with E-state index >= 15 is 0 Å². The molecule has 0 saturated heterocycles. The van der Waals surface area contributed by atoms with Gasteiger partial charge < -0.3 is 14.2 Å². The maximum atomic E-state index is 5.61.